The van der Waals surface area contributed by atoms with Crippen LogP contribution in [0.3, 0.4) is 0 Å². The second kappa shape index (κ2) is 6.74. The molecule has 0 aliphatic carbocycles. The minimum atomic E-state index is -0.276. The van der Waals surface area contributed by atoms with Gasteiger partial charge in [-0.3, -0.25) is 13.9 Å². The molecule has 0 spiro atoms. The van der Waals surface area contributed by atoms with Crippen molar-refractivity contribution < 1.29 is 0 Å². The van der Waals surface area contributed by atoms with E-state index in [2.05, 4.69) is 48.5 Å². The summed E-state index contributed by atoms with van der Waals surface area (Å²) in [6.45, 7) is 2.59. The normalized spacial score (nSPS) is 11.5. The fraction of sp³-hybridized carbons (Fsp3) is 0.120. The molecule has 0 saturated carbocycles. The summed E-state index contributed by atoms with van der Waals surface area (Å²) in [5.74, 6) is 0. The maximum atomic E-state index is 12.8. The van der Waals surface area contributed by atoms with Crippen LogP contribution in [-0.4, -0.2) is 9.13 Å². The van der Waals surface area contributed by atoms with Crippen molar-refractivity contribution in [3.8, 4) is 0 Å². The third kappa shape index (κ3) is 2.76. The molecular weight excluding hydrogens is 360 g/mol. The lowest BCUT2D eigenvalue weighted by Gasteiger charge is -2.14. The van der Waals surface area contributed by atoms with Crippen LogP contribution in [0.4, 0.5) is 0 Å². The quantitative estimate of drug-likeness (QED) is 0.432. The van der Waals surface area contributed by atoms with Gasteiger partial charge in [0.1, 0.15) is 0 Å². The lowest BCUT2D eigenvalue weighted by molar-refractivity contribution is 0.599. The molecule has 4 nitrogen and oxygen atoms in total. The highest BCUT2D eigenvalue weighted by Crippen LogP contribution is 2.33. The van der Waals surface area contributed by atoms with Gasteiger partial charge in [0.15, 0.2) is 0 Å². The third-order valence-corrected chi connectivity index (χ3v) is 5.65. The minimum Gasteiger partial charge on any atom is -0.296 e. The monoisotopic (exact) mass is 380 g/mol. The Kier molecular flexibility index (Phi) is 4.06. The molecule has 0 bridgehead atoms. The molecule has 0 N–H and O–H groups in total. The zero-order valence-electron chi connectivity index (χ0n) is 16.1. The molecule has 0 fully saturated rings. The van der Waals surface area contributed by atoms with Gasteiger partial charge in [-0.1, -0.05) is 60.7 Å². The van der Waals surface area contributed by atoms with Crippen LogP contribution in [0.15, 0.2) is 88.6 Å². The standard InChI is InChI=1S/C25H20N2O2/c1-2-27-24(28)13-14-26(25(27)29)16-18-15-23-19-8-4-3-7-17(19)11-12-22(23)21-10-6-5-9-20(18)21/h3-15H,2,16H2,1H3. The third-order valence-electron chi connectivity index (χ3n) is 5.65. The highest BCUT2D eigenvalue weighted by molar-refractivity contribution is 6.18. The zero-order valence-corrected chi connectivity index (χ0v) is 16.1. The molecule has 5 aromatic rings. The Balaban J connectivity index is 1.82. The molecule has 29 heavy (non-hydrogen) atoms. The van der Waals surface area contributed by atoms with Crippen molar-refractivity contribution in [1.82, 2.24) is 9.13 Å². The van der Waals surface area contributed by atoms with Crippen molar-refractivity contribution in [2.45, 2.75) is 20.0 Å². The summed E-state index contributed by atoms with van der Waals surface area (Å²) < 4.78 is 2.88. The number of hydrogen-bond acceptors (Lipinski definition) is 2. The van der Waals surface area contributed by atoms with Gasteiger partial charge in [-0.05, 0) is 50.9 Å². The lowest BCUT2D eigenvalue weighted by atomic mass is 9.94. The molecule has 4 aromatic carbocycles. The summed E-state index contributed by atoms with van der Waals surface area (Å²) in [6, 6.07) is 24.6. The molecule has 0 amide bonds. The molecular formula is C25H20N2O2. The lowest BCUT2D eigenvalue weighted by Crippen LogP contribution is -2.38. The van der Waals surface area contributed by atoms with E-state index >= 15 is 0 Å². The van der Waals surface area contributed by atoms with Crippen molar-refractivity contribution in [3.05, 3.63) is 105 Å². The van der Waals surface area contributed by atoms with E-state index in [-0.39, 0.29) is 11.2 Å². The van der Waals surface area contributed by atoms with Gasteiger partial charge in [0.25, 0.3) is 5.56 Å². The maximum absolute atomic E-state index is 12.8. The van der Waals surface area contributed by atoms with Crippen LogP contribution in [-0.2, 0) is 13.1 Å². The van der Waals surface area contributed by atoms with E-state index in [4.69, 9.17) is 0 Å². The van der Waals surface area contributed by atoms with Gasteiger partial charge >= 0.3 is 5.69 Å². The number of aromatic nitrogens is 2. The molecule has 0 atom stereocenters. The number of fused-ring (bicyclic) bond motifs is 5. The zero-order chi connectivity index (χ0) is 20.0. The average Bonchev–Trinajstić information content (AvgIpc) is 2.76. The number of benzene rings is 4. The first kappa shape index (κ1) is 17.4. The fourth-order valence-electron chi connectivity index (χ4n) is 4.22. The molecule has 1 aromatic heterocycles. The van der Waals surface area contributed by atoms with E-state index in [1.165, 1.54) is 37.6 Å². The van der Waals surface area contributed by atoms with Crippen LogP contribution in [0.1, 0.15) is 12.5 Å². The molecule has 0 saturated heterocycles. The van der Waals surface area contributed by atoms with Crippen molar-refractivity contribution in [1.29, 1.82) is 0 Å². The van der Waals surface area contributed by atoms with E-state index < -0.39 is 0 Å². The second-order valence-corrected chi connectivity index (χ2v) is 7.27. The second-order valence-electron chi connectivity index (χ2n) is 7.27. The maximum Gasteiger partial charge on any atom is 0.331 e. The Labute approximate surface area is 167 Å². The summed E-state index contributed by atoms with van der Waals surface area (Å²) in [5, 5.41) is 7.06. The molecule has 0 radical (unpaired) electrons. The predicted molar refractivity (Wildman–Crippen MR) is 119 cm³/mol. The summed E-state index contributed by atoms with van der Waals surface area (Å²) in [6.07, 6.45) is 1.60. The van der Waals surface area contributed by atoms with Crippen LogP contribution >= 0.6 is 0 Å². The van der Waals surface area contributed by atoms with Gasteiger partial charge in [0, 0.05) is 18.8 Å². The first-order valence-electron chi connectivity index (χ1n) is 9.80. The Morgan fingerprint density at radius 1 is 0.724 bits per heavy atom. The summed E-state index contributed by atoms with van der Waals surface area (Å²) in [5.41, 5.74) is 0.526. The van der Waals surface area contributed by atoms with Gasteiger partial charge in [0.05, 0.1) is 6.54 Å². The van der Waals surface area contributed by atoms with Gasteiger partial charge in [-0.15, -0.1) is 0 Å². The SMILES string of the molecule is CCn1c(=O)ccn(Cc2cc3c4ccccc4ccc3c3ccccc23)c1=O. The molecule has 0 aliphatic heterocycles. The number of hydrogen-bond donors (Lipinski definition) is 0. The number of nitrogens with zero attached hydrogens (tertiary/aromatic N) is 2. The van der Waals surface area contributed by atoms with Crippen LogP contribution < -0.4 is 11.2 Å². The van der Waals surface area contributed by atoms with E-state index in [9.17, 15) is 9.59 Å². The van der Waals surface area contributed by atoms with Gasteiger partial charge < -0.3 is 0 Å². The van der Waals surface area contributed by atoms with E-state index in [0.29, 0.717) is 13.1 Å². The Hall–Kier alpha value is -3.66. The van der Waals surface area contributed by atoms with Gasteiger partial charge in [-0.25, -0.2) is 4.79 Å². The topological polar surface area (TPSA) is 44.0 Å². The Morgan fingerprint density at radius 3 is 2.21 bits per heavy atom. The predicted octanol–water partition coefficient (Wildman–Crippen LogP) is 4.54. The minimum absolute atomic E-state index is 0.261. The smallest absolute Gasteiger partial charge is 0.296 e. The van der Waals surface area contributed by atoms with Crippen molar-refractivity contribution in [2.24, 2.45) is 0 Å². The summed E-state index contributed by atoms with van der Waals surface area (Å²) in [7, 11) is 0. The molecule has 0 aliphatic rings. The van der Waals surface area contributed by atoms with Crippen LogP contribution in [0.25, 0.3) is 32.3 Å². The Morgan fingerprint density at radius 2 is 1.41 bits per heavy atom. The van der Waals surface area contributed by atoms with Gasteiger partial charge in [0.2, 0.25) is 0 Å². The van der Waals surface area contributed by atoms with E-state index in [1.807, 2.05) is 25.1 Å². The van der Waals surface area contributed by atoms with E-state index in [1.54, 1.807) is 10.8 Å². The summed E-state index contributed by atoms with van der Waals surface area (Å²) in [4.78, 5) is 24.7. The van der Waals surface area contributed by atoms with E-state index in [0.717, 1.165) is 10.9 Å². The summed E-state index contributed by atoms with van der Waals surface area (Å²) >= 11 is 0. The van der Waals surface area contributed by atoms with Crippen molar-refractivity contribution in [2.75, 3.05) is 0 Å². The van der Waals surface area contributed by atoms with Crippen molar-refractivity contribution in [3.63, 3.8) is 0 Å². The fourth-order valence-corrected chi connectivity index (χ4v) is 4.22. The van der Waals surface area contributed by atoms with Crippen molar-refractivity contribution >= 4 is 32.3 Å². The number of rotatable bonds is 3. The molecule has 0 unspecified atom stereocenters. The van der Waals surface area contributed by atoms with Gasteiger partial charge in [-0.2, -0.15) is 0 Å². The van der Waals surface area contributed by atoms with Crippen LogP contribution in [0.2, 0.25) is 0 Å². The first-order valence-corrected chi connectivity index (χ1v) is 9.80. The first-order chi connectivity index (χ1) is 14.2. The molecule has 1 heterocycles. The Bertz CT molecular complexity index is 1510. The van der Waals surface area contributed by atoms with Crippen LogP contribution in [0.5, 0.6) is 0 Å². The molecule has 142 valence electrons. The van der Waals surface area contributed by atoms with Crippen LogP contribution in [0, 0.1) is 0 Å². The average molecular weight is 380 g/mol. The molecule has 4 heteroatoms. The largest absolute Gasteiger partial charge is 0.331 e. The molecule has 5 rings (SSSR count). The highest BCUT2D eigenvalue weighted by Gasteiger charge is 2.11. The highest BCUT2D eigenvalue weighted by atomic mass is 16.2.